The number of fused-ring (bicyclic) bond motifs is 1. The van der Waals surface area contributed by atoms with E-state index >= 15 is 0 Å². The molecule has 0 bridgehead atoms. The molecular weight excluding hydrogens is 162 g/mol. The molecule has 1 heterocycles. The number of aryl methyl sites for hydroxylation is 1. The average Bonchev–Trinajstić information content (AvgIpc) is 2.59. The van der Waals surface area contributed by atoms with Gasteiger partial charge in [-0.3, -0.25) is 0 Å². The summed E-state index contributed by atoms with van der Waals surface area (Å²) in [4.78, 5) is 0. The minimum absolute atomic E-state index is 0.154. The van der Waals surface area contributed by atoms with Crippen molar-refractivity contribution in [1.29, 1.82) is 0 Å². The maximum absolute atomic E-state index is 9.08. The van der Waals surface area contributed by atoms with E-state index in [4.69, 9.17) is 5.11 Å². The van der Waals surface area contributed by atoms with Crippen LogP contribution in [0.1, 0.15) is 29.7 Å². The summed E-state index contributed by atoms with van der Waals surface area (Å²) in [6.45, 7) is 3.25. The van der Waals surface area contributed by atoms with Crippen LogP contribution in [0.15, 0.2) is 18.2 Å². The van der Waals surface area contributed by atoms with Crippen molar-refractivity contribution in [2.75, 3.05) is 6.61 Å². The molecule has 0 saturated carbocycles. The summed E-state index contributed by atoms with van der Waals surface area (Å²) >= 11 is 0. The fourth-order valence-corrected chi connectivity index (χ4v) is 1.88. The molecular formula is C11H15NO. The van der Waals surface area contributed by atoms with Crippen molar-refractivity contribution in [3.8, 4) is 0 Å². The number of hydrogen-bond donors (Lipinski definition) is 2. The molecule has 2 nitrogen and oxygen atoms in total. The molecule has 13 heavy (non-hydrogen) atoms. The maximum atomic E-state index is 9.08. The van der Waals surface area contributed by atoms with Gasteiger partial charge in [-0.1, -0.05) is 25.1 Å². The van der Waals surface area contributed by atoms with Gasteiger partial charge in [-0.25, -0.2) is 0 Å². The van der Waals surface area contributed by atoms with Crippen molar-refractivity contribution in [3.63, 3.8) is 0 Å². The Labute approximate surface area is 78.6 Å². The summed E-state index contributed by atoms with van der Waals surface area (Å²) in [6, 6.07) is 6.67. The first kappa shape index (κ1) is 8.73. The van der Waals surface area contributed by atoms with Crippen LogP contribution in [-0.4, -0.2) is 11.7 Å². The van der Waals surface area contributed by atoms with Crippen LogP contribution in [-0.2, 0) is 13.0 Å². The Morgan fingerprint density at radius 2 is 2.38 bits per heavy atom. The van der Waals surface area contributed by atoms with E-state index < -0.39 is 0 Å². The third-order valence-electron chi connectivity index (χ3n) is 2.71. The second kappa shape index (κ2) is 3.48. The van der Waals surface area contributed by atoms with Crippen LogP contribution in [0.4, 0.5) is 0 Å². The molecule has 1 aromatic rings. The highest BCUT2D eigenvalue weighted by molar-refractivity contribution is 5.37. The zero-order valence-electron chi connectivity index (χ0n) is 7.88. The Balaban J connectivity index is 2.34. The lowest BCUT2D eigenvalue weighted by Gasteiger charge is -2.07. The molecule has 0 aromatic heterocycles. The van der Waals surface area contributed by atoms with Gasteiger partial charge < -0.3 is 10.4 Å². The lowest BCUT2D eigenvalue weighted by atomic mass is 10.0. The monoisotopic (exact) mass is 177 g/mol. The van der Waals surface area contributed by atoms with E-state index in [0.717, 1.165) is 13.0 Å². The van der Waals surface area contributed by atoms with Gasteiger partial charge in [0, 0.05) is 6.54 Å². The van der Waals surface area contributed by atoms with Gasteiger partial charge >= 0.3 is 0 Å². The fourth-order valence-electron chi connectivity index (χ4n) is 1.88. The van der Waals surface area contributed by atoms with Gasteiger partial charge in [-0.2, -0.15) is 0 Å². The van der Waals surface area contributed by atoms with Crippen LogP contribution in [0.3, 0.4) is 0 Å². The van der Waals surface area contributed by atoms with Crippen LogP contribution in [0.5, 0.6) is 0 Å². The van der Waals surface area contributed by atoms with E-state index in [1.165, 1.54) is 16.7 Å². The third-order valence-corrected chi connectivity index (χ3v) is 2.71. The number of aliphatic hydroxyl groups excluding tert-OH is 1. The summed E-state index contributed by atoms with van der Waals surface area (Å²) < 4.78 is 0. The van der Waals surface area contributed by atoms with Crippen molar-refractivity contribution < 1.29 is 5.11 Å². The number of hydrogen-bond acceptors (Lipinski definition) is 2. The summed E-state index contributed by atoms with van der Waals surface area (Å²) in [7, 11) is 0. The Morgan fingerprint density at radius 1 is 1.54 bits per heavy atom. The van der Waals surface area contributed by atoms with Crippen molar-refractivity contribution in [2.45, 2.75) is 25.9 Å². The molecule has 1 aliphatic heterocycles. The van der Waals surface area contributed by atoms with Crippen LogP contribution in [0.2, 0.25) is 0 Å². The van der Waals surface area contributed by atoms with Crippen molar-refractivity contribution in [3.05, 3.63) is 34.9 Å². The van der Waals surface area contributed by atoms with E-state index in [-0.39, 0.29) is 12.6 Å². The zero-order valence-corrected chi connectivity index (χ0v) is 7.88. The number of nitrogens with one attached hydrogen (secondary N) is 1. The molecule has 2 heteroatoms. The fraction of sp³-hybridized carbons (Fsp3) is 0.455. The maximum Gasteiger partial charge on any atom is 0.0626 e. The Bertz CT molecular complexity index is 309. The largest absolute Gasteiger partial charge is 0.394 e. The second-order valence-corrected chi connectivity index (χ2v) is 3.50. The van der Waals surface area contributed by atoms with E-state index in [9.17, 15) is 0 Å². The highest BCUT2D eigenvalue weighted by atomic mass is 16.3. The van der Waals surface area contributed by atoms with E-state index in [0.29, 0.717) is 0 Å². The summed E-state index contributed by atoms with van der Waals surface area (Å²) in [5.41, 5.74) is 3.98. The molecule has 70 valence electrons. The van der Waals surface area contributed by atoms with Crippen LogP contribution >= 0.6 is 0 Å². The Kier molecular flexibility index (Phi) is 2.34. The number of benzene rings is 1. The zero-order chi connectivity index (χ0) is 9.26. The van der Waals surface area contributed by atoms with Crippen LogP contribution in [0, 0.1) is 0 Å². The first-order valence-corrected chi connectivity index (χ1v) is 4.81. The van der Waals surface area contributed by atoms with Crippen molar-refractivity contribution in [2.24, 2.45) is 0 Å². The molecule has 0 unspecified atom stereocenters. The smallest absolute Gasteiger partial charge is 0.0626 e. The summed E-state index contributed by atoms with van der Waals surface area (Å²) in [5.74, 6) is 0. The minimum Gasteiger partial charge on any atom is -0.394 e. The van der Waals surface area contributed by atoms with Crippen LogP contribution in [0.25, 0.3) is 0 Å². The normalized spacial score (nSPS) is 20.3. The summed E-state index contributed by atoms with van der Waals surface area (Å²) in [6.07, 6.45) is 1.08. The van der Waals surface area contributed by atoms with Gasteiger partial charge in [0.25, 0.3) is 0 Å². The molecule has 1 aromatic carbocycles. The van der Waals surface area contributed by atoms with Gasteiger partial charge in [0.2, 0.25) is 0 Å². The van der Waals surface area contributed by atoms with Gasteiger partial charge in [0.15, 0.2) is 0 Å². The standard InChI is InChI=1S/C11H15NO/c1-2-8-3-4-10-9(5-8)6-12-11(10)7-13/h3-5,11-13H,2,6-7H2,1H3/t11-/m1/s1. The third kappa shape index (κ3) is 1.47. The molecule has 0 radical (unpaired) electrons. The first-order chi connectivity index (χ1) is 6.35. The van der Waals surface area contributed by atoms with E-state index in [1.807, 2.05) is 0 Å². The average molecular weight is 177 g/mol. The minimum atomic E-state index is 0.154. The SMILES string of the molecule is CCc1ccc2c(c1)CN[C@@H]2CO. The molecule has 1 atom stereocenters. The lowest BCUT2D eigenvalue weighted by molar-refractivity contribution is 0.251. The topological polar surface area (TPSA) is 32.3 Å². The first-order valence-electron chi connectivity index (χ1n) is 4.81. The Hall–Kier alpha value is -0.860. The predicted molar refractivity (Wildman–Crippen MR) is 52.5 cm³/mol. The van der Waals surface area contributed by atoms with Gasteiger partial charge in [0.1, 0.15) is 0 Å². The van der Waals surface area contributed by atoms with E-state index in [1.54, 1.807) is 0 Å². The molecule has 0 aliphatic carbocycles. The quantitative estimate of drug-likeness (QED) is 0.715. The van der Waals surface area contributed by atoms with Crippen molar-refractivity contribution in [1.82, 2.24) is 5.32 Å². The van der Waals surface area contributed by atoms with Crippen LogP contribution < -0.4 is 5.32 Å². The highest BCUT2D eigenvalue weighted by Gasteiger charge is 2.20. The molecule has 2 rings (SSSR count). The highest BCUT2D eigenvalue weighted by Crippen LogP contribution is 2.25. The molecule has 0 amide bonds. The molecule has 1 aliphatic rings. The molecule has 0 fully saturated rings. The second-order valence-electron chi connectivity index (χ2n) is 3.50. The summed E-state index contributed by atoms with van der Waals surface area (Å²) in [5, 5.41) is 12.3. The van der Waals surface area contributed by atoms with Gasteiger partial charge in [-0.05, 0) is 23.1 Å². The van der Waals surface area contributed by atoms with Gasteiger partial charge in [-0.15, -0.1) is 0 Å². The molecule has 0 spiro atoms. The number of rotatable bonds is 2. The Morgan fingerprint density at radius 3 is 3.08 bits per heavy atom. The lowest BCUT2D eigenvalue weighted by Crippen LogP contribution is -2.15. The molecule has 2 N–H and O–H groups in total. The van der Waals surface area contributed by atoms with Crippen molar-refractivity contribution >= 4 is 0 Å². The number of aliphatic hydroxyl groups is 1. The molecule has 0 saturated heterocycles. The predicted octanol–water partition coefficient (Wildman–Crippen LogP) is 1.39. The van der Waals surface area contributed by atoms with E-state index in [2.05, 4.69) is 30.4 Å². The van der Waals surface area contributed by atoms with Gasteiger partial charge in [0.05, 0.1) is 12.6 Å².